The summed E-state index contributed by atoms with van der Waals surface area (Å²) in [6, 6.07) is 13.6. The Hall–Kier alpha value is -3.81. The molecule has 1 N–H and O–H groups in total. The van der Waals surface area contributed by atoms with Gasteiger partial charge in [0.15, 0.2) is 11.5 Å². The maximum absolute atomic E-state index is 12.7. The van der Waals surface area contributed by atoms with Gasteiger partial charge in [-0.05, 0) is 18.2 Å². The number of rotatable bonds is 3. The third kappa shape index (κ3) is 3.05. The number of nitrogens with zero attached hydrogens (tertiary/aromatic N) is 1. The number of nitrogens with one attached hydrogen (secondary N) is 1. The molecule has 0 aliphatic carbocycles. The SMILES string of the molecule is COC(=O)c1cn(NC(=O)[C@@H]2COc3ccccc3O2)c(=O)c2ccccc12. The van der Waals surface area contributed by atoms with Crippen molar-refractivity contribution in [1.29, 1.82) is 0 Å². The number of pyridine rings is 1. The topological polar surface area (TPSA) is 95.9 Å². The molecule has 0 spiro atoms. The highest BCUT2D eigenvalue weighted by molar-refractivity contribution is 6.04. The van der Waals surface area contributed by atoms with Gasteiger partial charge in [0.25, 0.3) is 11.5 Å². The highest BCUT2D eigenvalue weighted by atomic mass is 16.6. The summed E-state index contributed by atoms with van der Waals surface area (Å²) in [5.74, 6) is -0.217. The number of methoxy groups -OCH3 is 1. The molecular weight excluding hydrogens is 364 g/mol. The first-order valence-corrected chi connectivity index (χ1v) is 8.50. The van der Waals surface area contributed by atoms with Gasteiger partial charge in [0, 0.05) is 17.0 Å². The van der Waals surface area contributed by atoms with Crippen molar-refractivity contribution >= 4 is 22.6 Å². The summed E-state index contributed by atoms with van der Waals surface area (Å²) >= 11 is 0. The molecule has 2 heterocycles. The van der Waals surface area contributed by atoms with Crippen molar-refractivity contribution in [3.8, 4) is 11.5 Å². The zero-order chi connectivity index (χ0) is 19.7. The van der Waals surface area contributed by atoms with Crippen LogP contribution in [0.3, 0.4) is 0 Å². The normalized spacial score (nSPS) is 15.1. The fourth-order valence-electron chi connectivity index (χ4n) is 2.99. The number of esters is 1. The number of ether oxygens (including phenoxy) is 3. The van der Waals surface area contributed by atoms with Crippen LogP contribution >= 0.6 is 0 Å². The number of para-hydroxylation sites is 2. The van der Waals surface area contributed by atoms with E-state index in [-0.39, 0.29) is 17.6 Å². The summed E-state index contributed by atoms with van der Waals surface area (Å²) in [5, 5.41) is 0.716. The molecule has 0 bridgehead atoms. The van der Waals surface area contributed by atoms with E-state index in [0.29, 0.717) is 16.9 Å². The van der Waals surface area contributed by atoms with Crippen molar-refractivity contribution in [2.45, 2.75) is 6.10 Å². The average molecular weight is 380 g/mol. The highest BCUT2D eigenvalue weighted by Gasteiger charge is 2.28. The maximum atomic E-state index is 12.7. The Bertz CT molecular complexity index is 1140. The van der Waals surface area contributed by atoms with Gasteiger partial charge in [0.05, 0.1) is 12.7 Å². The van der Waals surface area contributed by atoms with Crippen LogP contribution in [0.5, 0.6) is 11.5 Å². The van der Waals surface area contributed by atoms with Crippen molar-refractivity contribution < 1.29 is 23.8 Å². The first kappa shape index (κ1) is 17.6. The van der Waals surface area contributed by atoms with E-state index >= 15 is 0 Å². The zero-order valence-electron chi connectivity index (χ0n) is 14.9. The van der Waals surface area contributed by atoms with Crippen LogP contribution in [-0.2, 0) is 9.53 Å². The molecule has 0 fully saturated rings. The second-order valence-corrected chi connectivity index (χ2v) is 6.10. The molecule has 0 saturated carbocycles. The second-order valence-electron chi connectivity index (χ2n) is 6.10. The lowest BCUT2D eigenvalue weighted by Gasteiger charge is -2.25. The monoisotopic (exact) mass is 380 g/mol. The minimum absolute atomic E-state index is 0.00492. The minimum Gasteiger partial charge on any atom is -0.485 e. The van der Waals surface area contributed by atoms with Crippen molar-refractivity contribution in [2.24, 2.45) is 0 Å². The Labute approximate surface area is 159 Å². The number of amides is 1. The largest absolute Gasteiger partial charge is 0.485 e. The molecule has 3 aromatic rings. The molecule has 1 atom stereocenters. The molecule has 1 aliphatic rings. The fraction of sp³-hybridized carbons (Fsp3) is 0.150. The third-order valence-electron chi connectivity index (χ3n) is 4.36. The first-order chi connectivity index (χ1) is 13.6. The average Bonchev–Trinajstić information content (AvgIpc) is 2.74. The van der Waals surface area contributed by atoms with Crippen LogP contribution in [0.4, 0.5) is 0 Å². The quantitative estimate of drug-likeness (QED) is 0.695. The summed E-state index contributed by atoms with van der Waals surface area (Å²) in [6.07, 6.45) is 0.293. The number of aromatic nitrogens is 1. The lowest BCUT2D eigenvalue weighted by Crippen LogP contribution is -2.45. The van der Waals surface area contributed by atoms with E-state index in [1.165, 1.54) is 13.3 Å². The van der Waals surface area contributed by atoms with Gasteiger partial charge in [-0.15, -0.1) is 0 Å². The Balaban J connectivity index is 1.66. The van der Waals surface area contributed by atoms with Crippen molar-refractivity contribution in [3.63, 3.8) is 0 Å². The molecule has 1 amide bonds. The smallest absolute Gasteiger partial charge is 0.340 e. The van der Waals surface area contributed by atoms with E-state index in [1.807, 2.05) is 0 Å². The molecular formula is C20H16N2O6. The molecule has 142 valence electrons. The predicted octanol–water partition coefficient (Wildman–Crippen LogP) is 1.70. The molecule has 0 unspecified atom stereocenters. The van der Waals surface area contributed by atoms with E-state index < -0.39 is 23.5 Å². The first-order valence-electron chi connectivity index (χ1n) is 8.50. The van der Waals surface area contributed by atoms with Gasteiger partial charge in [-0.2, -0.15) is 0 Å². The van der Waals surface area contributed by atoms with Crippen LogP contribution in [0.2, 0.25) is 0 Å². The maximum Gasteiger partial charge on any atom is 0.340 e. The predicted molar refractivity (Wildman–Crippen MR) is 100 cm³/mol. The summed E-state index contributed by atoms with van der Waals surface area (Å²) in [5.41, 5.74) is 2.15. The van der Waals surface area contributed by atoms with Gasteiger partial charge in [-0.3, -0.25) is 15.0 Å². The number of carbonyl (C=O) groups is 2. The van der Waals surface area contributed by atoms with Crippen LogP contribution in [-0.4, -0.2) is 36.4 Å². The Morgan fingerprint density at radius 2 is 1.75 bits per heavy atom. The van der Waals surface area contributed by atoms with Crippen molar-refractivity contribution in [3.05, 3.63) is 70.6 Å². The van der Waals surface area contributed by atoms with Crippen molar-refractivity contribution in [2.75, 3.05) is 19.1 Å². The fourth-order valence-corrected chi connectivity index (χ4v) is 2.99. The number of hydrogen-bond donors (Lipinski definition) is 1. The minimum atomic E-state index is -0.949. The summed E-state index contributed by atoms with van der Waals surface area (Å²) in [7, 11) is 1.25. The van der Waals surface area contributed by atoms with Crippen LogP contribution < -0.4 is 20.5 Å². The van der Waals surface area contributed by atoms with Crippen molar-refractivity contribution in [1.82, 2.24) is 4.68 Å². The van der Waals surface area contributed by atoms with E-state index in [0.717, 1.165) is 4.68 Å². The number of hydrogen-bond acceptors (Lipinski definition) is 6. The highest BCUT2D eigenvalue weighted by Crippen LogP contribution is 2.30. The summed E-state index contributed by atoms with van der Waals surface area (Å²) in [4.78, 5) is 37.5. The zero-order valence-corrected chi connectivity index (χ0v) is 14.9. The number of fused-ring (bicyclic) bond motifs is 2. The Morgan fingerprint density at radius 1 is 1.07 bits per heavy atom. The van der Waals surface area contributed by atoms with E-state index in [9.17, 15) is 14.4 Å². The molecule has 0 radical (unpaired) electrons. The molecule has 0 saturated heterocycles. The molecule has 8 nitrogen and oxygen atoms in total. The van der Waals surface area contributed by atoms with Gasteiger partial charge in [0.2, 0.25) is 6.10 Å². The lowest BCUT2D eigenvalue weighted by atomic mass is 10.1. The van der Waals surface area contributed by atoms with Gasteiger partial charge in [-0.25, -0.2) is 9.47 Å². The molecule has 8 heteroatoms. The second kappa shape index (κ2) is 7.07. The van der Waals surface area contributed by atoms with Crippen LogP contribution in [0.1, 0.15) is 10.4 Å². The summed E-state index contributed by atoms with van der Waals surface area (Å²) < 4.78 is 16.9. The molecule has 2 aromatic carbocycles. The van der Waals surface area contributed by atoms with Gasteiger partial charge < -0.3 is 14.2 Å². The van der Waals surface area contributed by atoms with Gasteiger partial charge in [0.1, 0.15) is 6.61 Å². The van der Waals surface area contributed by atoms with E-state index in [4.69, 9.17) is 14.2 Å². The molecule has 4 rings (SSSR count). The van der Waals surface area contributed by atoms with Crippen LogP contribution in [0, 0.1) is 0 Å². The Kier molecular flexibility index (Phi) is 4.44. The number of benzene rings is 2. The Morgan fingerprint density at radius 3 is 2.50 bits per heavy atom. The standard InChI is InChI=1S/C20H16N2O6/c1-26-20(25)14-10-22(19(24)13-7-3-2-6-12(13)14)21-18(23)17-11-27-15-8-4-5-9-16(15)28-17/h2-10,17H,11H2,1H3,(H,21,23)/t17-/m0/s1. The van der Waals surface area contributed by atoms with E-state index in [1.54, 1.807) is 48.5 Å². The molecule has 1 aliphatic heterocycles. The third-order valence-corrected chi connectivity index (χ3v) is 4.36. The molecule has 28 heavy (non-hydrogen) atoms. The molecule has 1 aromatic heterocycles. The van der Waals surface area contributed by atoms with Gasteiger partial charge in [-0.1, -0.05) is 30.3 Å². The van der Waals surface area contributed by atoms with Gasteiger partial charge >= 0.3 is 5.97 Å². The van der Waals surface area contributed by atoms with E-state index in [2.05, 4.69) is 5.43 Å². The van der Waals surface area contributed by atoms with Crippen LogP contribution in [0.15, 0.2) is 59.5 Å². The summed E-state index contributed by atoms with van der Waals surface area (Å²) in [6.45, 7) is -0.00492. The lowest BCUT2D eigenvalue weighted by molar-refractivity contribution is -0.126. The van der Waals surface area contributed by atoms with Crippen LogP contribution in [0.25, 0.3) is 10.8 Å². The number of carbonyl (C=O) groups excluding carboxylic acids is 2.